The van der Waals surface area contributed by atoms with E-state index in [1.165, 1.54) is 27.4 Å². The first-order chi connectivity index (χ1) is 11.1. The van der Waals surface area contributed by atoms with Crippen LogP contribution >= 0.6 is 11.3 Å². The Kier molecular flexibility index (Phi) is 5.28. The predicted octanol–water partition coefficient (Wildman–Crippen LogP) is 2.18. The fraction of sp³-hybridized carbons (Fsp3) is 0.556. The highest BCUT2D eigenvalue weighted by atomic mass is 32.1. The molecule has 2 atom stereocenters. The third-order valence-corrected chi connectivity index (χ3v) is 5.59. The van der Waals surface area contributed by atoms with Gasteiger partial charge in [0, 0.05) is 13.0 Å². The Balaban J connectivity index is 1.72. The summed E-state index contributed by atoms with van der Waals surface area (Å²) in [6.07, 6.45) is 3.57. The van der Waals surface area contributed by atoms with Crippen LogP contribution in [0.1, 0.15) is 44.2 Å². The van der Waals surface area contributed by atoms with Crippen LogP contribution in [0.25, 0.3) is 10.2 Å². The van der Waals surface area contributed by atoms with Crippen molar-refractivity contribution in [3.05, 3.63) is 29.3 Å². The number of nitrogens with zero attached hydrogens (tertiary/aromatic N) is 1. The second-order valence-electron chi connectivity index (χ2n) is 6.85. The van der Waals surface area contributed by atoms with Gasteiger partial charge in [0.05, 0.1) is 16.8 Å². The maximum atomic E-state index is 12.2. The first-order valence-corrected chi connectivity index (χ1v) is 9.42. The van der Waals surface area contributed by atoms with Gasteiger partial charge < -0.3 is 10.2 Å². The molecule has 124 valence electrons. The van der Waals surface area contributed by atoms with Crippen LogP contribution < -0.4 is 10.2 Å². The summed E-state index contributed by atoms with van der Waals surface area (Å²) in [6.45, 7) is 6.64. The number of piperidine rings is 1. The van der Waals surface area contributed by atoms with Crippen molar-refractivity contribution in [1.82, 2.24) is 10.3 Å². The number of para-hydroxylation sites is 1. The summed E-state index contributed by atoms with van der Waals surface area (Å²) >= 11 is 1.79. The van der Waals surface area contributed by atoms with Gasteiger partial charge in [0.15, 0.2) is 11.6 Å². The molecule has 0 saturated carbocycles. The standard InChI is InChI=1S/C18H25N3OS/c1-13(2)11-19-17(22)12-21-10-6-5-8-15(21)18-20-14-7-3-4-9-16(14)23-18/h3-4,7,9,13,15H,5-6,8,10-12H2,1-2H3,(H,19,22)/p+1/t15-/m1/s1. The molecule has 1 unspecified atom stereocenters. The molecule has 2 aromatic rings. The van der Waals surface area contributed by atoms with Crippen LogP contribution in [-0.2, 0) is 4.79 Å². The molecule has 23 heavy (non-hydrogen) atoms. The number of benzene rings is 1. The molecule has 1 aromatic heterocycles. The lowest BCUT2D eigenvalue weighted by Crippen LogP contribution is -3.14. The SMILES string of the molecule is CC(C)CNC(=O)C[NH+]1CCCC[C@@H]1c1nc2ccccc2s1. The average Bonchev–Trinajstić information content (AvgIpc) is 2.97. The van der Waals surface area contributed by atoms with E-state index < -0.39 is 0 Å². The lowest BCUT2D eigenvalue weighted by molar-refractivity contribution is -0.929. The minimum absolute atomic E-state index is 0.168. The van der Waals surface area contributed by atoms with Crippen LogP contribution in [0.5, 0.6) is 0 Å². The van der Waals surface area contributed by atoms with E-state index in [9.17, 15) is 4.79 Å². The maximum absolute atomic E-state index is 12.2. The van der Waals surface area contributed by atoms with Crippen molar-refractivity contribution in [2.24, 2.45) is 5.92 Å². The van der Waals surface area contributed by atoms with Crippen LogP contribution in [0.3, 0.4) is 0 Å². The first-order valence-electron chi connectivity index (χ1n) is 8.60. The van der Waals surface area contributed by atoms with Gasteiger partial charge in [-0.1, -0.05) is 26.0 Å². The van der Waals surface area contributed by atoms with Crippen LogP contribution in [0.15, 0.2) is 24.3 Å². The lowest BCUT2D eigenvalue weighted by Gasteiger charge is -2.30. The van der Waals surface area contributed by atoms with E-state index in [0.29, 0.717) is 18.5 Å². The Morgan fingerprint density at radius 1 is 1.39 bits per heavy atom. The molecule has 0 spiro atoms. The quantitative estimate of drug-likeness (QED) is 0.881. The Bertz CT molecular complexity index is 634. The van der Waals surface area contributed by atoms with Gasteiger partial charge in [-0.2, -0.15) is 0 Å². The third-order valence-electron chi connectivity index (χ3n) is 4.44. The van der Waals surface area contributed by atoms with E-state index in [-0.39, 0.29) is 5.91 Å². The normalized spacial score (nSPS) is 21.7. The number of rotatable bonds is 5. The topological polar surface area (TPSA) is 46.4 Å². The van der Waals surface area contributed by atoms with Crippen molar-refractivity contribution in [3.63, 3.8) is 0 Å². The molecule has 5 heteroatoms. The van der Waals surface area contributed by atoms with E-state index in [1.54, 1.807) is 11.3 Å². The molecule has 4 nitrogen and oxygen atoms in total. The average molecular weight is 332 g/mol. The van der Waals surface area contributed by atoms with Gasteiger partial charge in [-0.15, -0.1) is 11.3 Å². The van der Waals surface area contributed by atoms with Crippen LogP contribution in [0, 0.1) is 5.92 Å². The molecule has 1 aliphatic heterocycles. The molecule has 3 rings (SSSR count). The van der Waals surface area contributed by atoms with Crippen LogP contribution in [0.4, 0.5) is 0 Å². The lowest BCUT2D eigenvalue weighted by atomic mass is 10.0. The van der Waals surface area contributed by atoms with Gasteiger partial charge in [-0.25, -0.2) is 4.98 Å². The molecule has 0 radical (unpaired) electrons. The molecule has 2 N–H and O–H groups in total. The molecular weight excluding hydrogens is 306 g/mol. The Hall–Kier alpha value is -1.46. The van der Waals surface area contributed by atoms with Gasteiger partial charge in [0.1, 0.15) is 6.04 Å². The smallest absolute Gasteiger partial charge is 0.275 e. The van der Waals surface area contributed by atoms with E-state index in [2.05, 4.69) is 37.4 Å². The zero-order valence-corrected chi connectivity index (χ0v) is 14.8. The number of thiazole rings is 1. The highest BCUT2D eigenvalue weighted by Gasteiger charge is 2.31. The monoisotopic (exact) mass is 332 g/mol. The van der Waals surface area contributed by atoms with Gasteiger partial charge in [-0.05, 0) is 30.9 Å². The van der Waals surface area contributed by atoms with Crippen molar-refractivity contribution < 1.29 is 9.69 Å². The summed E-state index contributed by atoms with van der Waals surface area (Å²) in [5, 5.41) is 4.24. The van der Waals surface area contributed by atoms with Crippen molar-refractivity contribution in [2.45, 2.75) is 39.2 Å². The van der Waals surface area contributed by atoms with Gasteiger partial charge in [0.25, 0.3) is 5.91 Å². The van der Waals surface area contributed by atoms with Crippen molar-refractivity contribution >= 4 is 27.5 Å². The minimum Gasteiger partial charge on any atom is -0.351 e. The number of amides is 1. The molecule has 1 amide bonds. The number of fused-ring (bicyclic) bond motifs is 1. The molecule has 1 fully saturated rings. The van der Waals surface area contributed by atoms with Crippen molar-refractivity contribution in [2.75, 3.05) is 19.6 Å². The van der Waals surface area contributed by atoms with Gasteiger partial charge >= 0.3 is 0 Å². The zero-order chi connectivity index (χ0) is 16.2. The van der Waals surface area contributed by atoms with E-state index in [0.717, 1.165) is 25.0 Å². The highest BCUT2D eigenvalue weighted by Crippen LogP contribution is 2.28. The molecule has 0 bridgehead atoms. The van der Waals surface area contributed by atoms with E-state index in [1.807, 2.05) is 6.07 Å². The van der Waals surface area contributed by atoms with Gasteiger partial charge in [-0.3, -0.25) is 4.79 Å². The summed E-state index contributed by atoms with van der Waals surface area (Å²) in [5.74, 6) is 0.664. The zero-order valence-electron chi connectivity index (χ0n) is 14.0. The molecule has 1 saturated heterocycles. The maximum Gasteiger partial charge on any atom is 0.275 e. The number of hydrogen-bond donors (Lipinski definition) is 2. The molecule has 0 aliphatic carbocycles. The fourth-order valence-electron chi connectivity index (χ4n) is 3.21. The Morgan fingerprint density at radius 3 is 3.00 bits per heavy atom. The molecular formula is C18H26N3OS+. The number of nitrogens with one attached hydrogen (secondary N) is 2. The largest absolute Gasteiger partial charge is 0.351 e. The van der Waals surface area contributed by atoms with E-state index in [4.69, 9.17) is 4.98 Å². The third kappa shape index (κ3) is 4.09. The highest BCUT2D eigenvalue weighted by molar-refractivity contribution is 7.18. The number of likely N-dealkylation sites (tertiary alicyclic amines) is 1. The number of carbonyl (C=O) groups is 1. The van der Waals surface area contributed by atoms with Gasteiger partial charge in [0.2, 0.25) is 0 Å². The van der Waals surface area contributed by atoms with Crippen LogP contribution in [0.2, 0.25) is 0 Å². The number of hydrogen-bond acceptors (Lipinski definition) is 3. The second kappa shape index (κ2) is 7.41. The molecule has 1 aliphatic rings. The second-order valence-corrected chi connectivity index (χ2v) is 7.91. The molecule has 1 aromatic carbocycles. The summed E-state index contributed by atoms with van der Waals surface area (Å²) < 4.78 is 1.25. The summed E-state index contributed by atoms with van der Waals surface area (Å²) in [7, 11) is 0. The predicted molar refractivity (Wildman–Crippen MR) is 94.8 cm³/mol. The number of carbonyl (C=O) groups excluding carboxylic acids is 1. The Labute approximate surface area is 141 Å². The molecule has 2 heterocycles. The Morgan fingerprint density at radius 2 is 2.22 bits per heavy atom. The van der Waals surface area contributed by atoms with Crippen molar-refractivity contribution in [1.29, 1.82) is 0 Å². The number of quaternary nitrogens is 1. The van der Waals surface area contributed by atoms with Crippen molar-refractivity contribution in [3.8, 4) is 0 Å². The summed E-state index contributed by atoms with van der Waals surface area (Å²) in [6, 6.07) is 8.68. The van der Waals surface area contributed by atoms with Crippen LogP contribution in [-0.4, -0.2) is 30.5 Å². The fourth-order valence-corrected chi connectivity index (χ4v) is 4.38. The van der Waals surface area contributed by atoms with E-state index >= 15 is 0 Å². The first kappa shape index (κ1) is 16.4. The summed E-state index contributed by atoms with van der Waals surface area (Å²) in [4.78, 5) is 18.4. The number of aromatic nitrogens is 1. The minimum atomic E-state index is 0.168. The summed E-state index contributed by atoms with van der Waals surface area (Å²) in [5.41, 5.74) is 1.08.